The van der Waals surface area contributed by atoms with Crippen molar-refractivity contribution in [1.82, 2.24) is 5.32 Å². The Morgan fingerprint density at radius 3 is 2.46 bits per heavy atom. The van der Waals surface area contributed by atoms with Crippen molar-refractivity contribution < 1.29 is 22.3 Å². The Morgan fingerprint density at radius 2 is 1.88 bits per heavy atom. The van der Waals surface area contributed by atoms with Gasteiger partial charge in [-0.1, -0.05) is 18.2 Å². The van der Waals surface area contributed by atoms with Gasteiger partial charge < -0.3 is 10.1 Å². The van der Waals surface area contributed by atoms with E-state index in [9.17, 15) is 17.6 Å². The van der Waals surface area contributed by atoms with Crippen LogP contribution in [-0.2, 0) is 21.4 Å². The summed E-state index contributed by atoms with van der Waals surface area (Å²) in [7, 11) is -2.23. The van der Waals surface area contributed by atoms with E-state index in [4.69, 9.17) is 4.74 Å². The second kappa shape index (κ2) is 8.18. The summed E-state index contributed by atoms with van der Waals surface area (Å²) in [5, 5.41) is 2.67. The molecule has 0 radical (unpaired) electrons. The summed E-state index contributed by atoms with van der Waals surface area (Å²) in [5.41, 5.74) is 1.04. The monoisotopic (exact) mass is 380 g/mol. The fourth-order valence-corrected chi connectivity index (χ4v) is 3.66. The molecular formula is C18H21FN2O4S. The third kappa shape index (κ3) is 4.95. The summed E-state index contributed by atoms with van der Waals surface area (Å²) in [4.78, 5) is 12.5. The molecule has 8 heteroatoms. The molecule has 1 unspecified atom stereocenters. The fraction of sp³-hybridized carbons (Fsp3) is 0.278. The molecule has 2 rings (SSSR count). The number of amides is 1. The summed E-state index contributed by atoms with van der Waals surface area (Å²) in [6, 6.07) is 11.2. The predicted octanol–water partition coefficient (Wildman–Crippen LogP) is 2.31. The molecule has 0 aliphatic rings. The molecule has 26 heavy (non-hydrogen) atoms. The molecule has 1 atom stereocenters. The van der Waals surface area contributed by atoms with E-state index < -0.39 is 22.0 Å². The number of halogens is 1. The van der Waals surface area contributed by atoms with Gasteiger partial charge in [0.05, 0.1) is 19.1 Å². The first-order chi connectivity index (χ1) is 12.2. The zero-order valence-corrected chi connectivity index (χ0v) is 15.6. The minimum atomic E-state index is -3.71. The van der Waals surface area contributed by atoms with Crippen LogP contribution in [0.5, 0.6) is 5.75 Å². The lowest BCUT2D eigenvalue weighted by Crippen LogP contribution is -2.47. The smallest absolute Gasteiger partial charge is 0.243 e. The molecule has 0 fully saturated rings. The van der Waals surface area contributed by atoms with Crippen molar-refractivity contribution in [3.8, 4) is 5.75 Å². The van der Waals surface area contributed by atoms with E-state index in [2.05, 4.69) is 5.32 Å². The minimum absolute atomic E-state index is 0.166. The Balaban J connectivity index is 2.19. The van der Waals surface area contributed by atoms with Crippen molar-refractivity contribution in [3.05, 3.63) is 59.9 Å². The largest absolute Gasteiger partial charge is 0.497 e. The third-order valence-corrected chi connectivity index (χ3v) is 5.02. The molecule has 0 saturated carbocycles. The lowest BCUT2D eigenvalue weighted by atomic mass is 10.2. The van der Waals surface area contributed by atoms with E-state index in [-0.39, 0.29) is 12.4 Å². The van der Waals surface area contributed by atoms with Crippen molar-refractivity contribution in [2.45, 2.75) is 19.5 Å². The highest BCUT2D eigenvalue weighted by molar-refractivity contribution is 7.92. The van der Waals surface area contributed by atoms with Gasteiger partial charge in [0.2, 0.25) is 15.9 Å². The number of anilines is 1. The molecule has 0 saturated heterocycles. The highest BCUT2D eigenvalue weighted by atomic mass is 32.2. The van der Waals surface area contributed by atoms with Gasteiger partial charge in [0.25, 0.3) is 0 Å². The summed E-state index contributed by atoms with van der Waals surface area (Å²) >= 11 is 0. The van der Waals surface area contributed by atoms with Crippen molar-refractivity contribution in [2.24, 2.45) is 0 Å². The number of sulfonamides is 1. The van der Waals surface area contributed by atoms with E-state index in [1.54, 1.807) is 36.4 Å². The van der Waals surface area contributed by atoms with Crippen LogP contribution in [0.25, 0.3) is 0 Å². The van der Waals surface area contributed by atoms with Crippen molar-refractivity contribution in [3.63, 3.8) is 0 Å². The van der Waals surface area contributed by atoms with Gasteiger partial charge in [0.1, 0.15) is 17.6 Å². The van der Waals surface area contributed by atoms with E-state index in [1.165, 1.54) is 26.2 Å². The molecule has 140 valence electrons. The molecular weight excluding hydrogens is 359 g/mol. The van der Waals surface area contributed by atoms with Crippen LogP contribution in [-0.4, -0.2) is 33.7 Å². The highest BCUT2D eigenvalue weighted by Gasteiger charge is 2.29. The van der Waals surface area contributed by atoms with Crippen molar-refractivity contribution in [2.75, 3.05) is 17.7 Å². The first-order valence-corrected chi connectivity index (χ1v) is 9.73. The number of benzene rings is 2. The van der Waals surface area contributed by atoms with Gasteiger partial charge in [-0.3, -0.25) is 9.10 Å². The molecule has 0 aliphatic carbocycles. The molecule has 2 aromatic carbocycles. The second-order valence-corrected chi connectivity index (χ2v) is 7.64. The lowest BCUT2D eigenvalue weighted by Gasteiger charge is -2.28. The van der Waals surface area contributed by atoms with Crippen molar-refractivity contribution in [1.29, 1.82) is 0 Å². The van der Waals surface area contributed by atoms with Gasteiger partial charge in [0, 0.05) is 12.6 Å². The second-order valence-electron chi connectivity index (χ2n) is 5.78. The first-order valence-electron chi connectivity index (χ1n) is 7.88. The van der Waals surface area contributed by atoms with Gasteiger partial charge in [-0.05, 0) is 36.8 Å². The van der Waals surface area contributed by atoms with Gasteiger partial charge >= 0.3 is 0 Å². The van der Waals surface area contributed by atoms with Crippen LogP contribution in [0.4, 0.5) is 10.1 Å². The van der Waals surface area contributed by atoms with E-state index in [0.717, 1.165) is 10.6 Å². The Kier molecular flexibility index (Phi) is 6.20. The number of rotatable bonds is 7. The number of hydrogen-bond acceptors (Lipinski definition) is 4. The summed E-state index contributed by atoms with van der Waals surface area (Å²) in [5.74, 6) is -0.354. The number of carbonyl (C=O) groups is 1. The van der Waals surface area contributed by atoms with Gasteiger partial charge in [-0.25, -0.2) is 12.8 Å². The number of nitrogens with one attached hydrogen (secondary N) is 1. The van der Waals surface area contributed by atoms with Gasteiger partial charge in [-0.15, -0.1) is 0 Å². The maximum atomic E-state index is 12.9. The molecule has 1 amide bonds. The lowest BCUT2D eigenvalue weighted by molar-refractivity contribution is -0.122. The Morgan fingerprint density at radius 1 is 1.23 bits per heavy atom. The van der Waals surface area contributed by atoms with Crippen LogP contribution in [0.3, 0.4) is 0 Å². The summed E-state index contributed by atoms with van der Waals surface area (Å²) in [6.07, 6.45) is 1.04. The topological polar surface area (TPSA) is 75.7 Å². The van der Waals surface area contributed by atoms with Crippen LogP contribution in [0.1, 0.15) is 12.5 Å². The maximum Gasteiger partial charge on any atom is 0.243 e. The first kappa shape index (κ1) is 19.7. The Hall–Kier alpha value is -2.61. The Bertz CT molecular complexity index is 869. The fourth-order valence-electron chi connectivity index (χ4n) is 2.50. The predicted molar refractivity (Wildman–Crippen MR) is 98.0 cm³/mol. The summed E-state index contributed by atoms with van der Waals surface area (Å²) < 4.78 is 43.6. The molecule has 0 spiro atoms. The van der Waals surface area contributed by atoms with Crippen LogP contribution >= 0.6 is 0 Å². The minimum Gasteiger partial charge on any atom is -0.497 e. The highest BCUT2D eigenvalue weighted by Crippen LogP contribution is 2.25. The number of methoxy groups -OCH3 is 1. The molecule has 2 aromatic rings. The number of nitrogens with zero attached hydrogens (tertiary/aromatic N) is 1. The molecule has 0 bridgehead atoms. The third-order valence-electron chi connectivity index (χ3n) is 3.78. The molecule has 6 nitrogen and oxygen atoms in total. The number of hydrogen-bond donors (Lipinski definition) is 1. The SMILES string of the molecule is COc1cccc(N(C(C)C(=O)NCc2ccc(F)cc2)S(C)(=O)=O)c1. The standard InChI is InChI=1S/C18H21FN2O4S/c1-13(18(22)20-12-14-7-9-15(19)10-8-14)21(26(3,23)24)16-5-4-6-17(11-16)25-2/h4-11,13H,12H2,1-3H3,(H,20,22). The van der Waals surface area contributed by atoms with Crippen molar-refractivity contribution >= 4 is 21.6 Å². The molecule has 1 N–H and O–H groups in total. The van der Waals surface area contributed by atoms with Crippen LogP contribution < -0.4 is 14.4 Å². The van der Waals surface area contributed by atoms with Crippen LogP contribution in [0.15, 0.2) is 48.5 Å². The van der Waals surface area contributed by atoms with E-state index in [1.807, 2.05) is 0 Å². The van der Waals surface area contributed by atoms with E-state index >= 15 is 0 Å². The quantitative estimate of drug-likeness (QED) is 0.800. The maximum absolute atomic E-state index is 12.9. The average molecular weight is 380 g/mol. The average Bonchev–Trinajstić information content (AvgIpc) is 2.60. The summed E-state index contributed by atoms with van der Waals surface area (Å²) in [6.45, 7) is 1.67. The number of carbonyl (C=O) groups excluding carboxylic acids is 1. The van der Waals surface area contributed by atoms with Crippen LogP contribution in [0.2, 0.25) is 0 Å². The van der Waals surface area contributed by atoms with E-state index in [0.29, 0.717) is 17.0 Å². The zero-order valence-electron chi connectivity index (χ0n) is 14.8. The van der Waals surface area contributed by atoms with Gasteiger partial charge in [0.15, 0.2) is 0 Å². The number of ether oxygens (including phenoxy) is 1. The zero-order chi connectivity index (χ0) is 19.3. The Labute approximate surface area is 152 Å². The molecule has 0 aromatic heterocycles. The van der Waals surface area contributed by atoms with Gasteiger partial charge in [-0.2, -0.15) is 0 Å². The normalized spacial score (nSPS) is 12.3. The molecule has 0 heterocycles. The molecule has 0 aliphatic heterocycles. The van der Waals surface area contributed by atoms with Crippen LogP contribution in [0, 0.1) is 5.82 Å².